The number of ether oxygens (including phenoxy) is 1. The van der Waals surface area contributed by atoms with Crippen LogP contribution in [0.2, 0.25) is 5.02 Å². The predicted molar refractivity (Wildman–Crippen MR) is 106 cm³/mol. The van der Waals surface area contributed by atoms with Crippen molar-refractivity contribution in [1.29, 1.82) is 0 Å². The summed E-state index contributed by atoms with van der Waals surface area (Å²) in [6.07, 6.45) is 5.40. The lowest BCUT2D eigenvalue weighted by atomic mass is 10.2. The highest BCUT2D eigenvalue weighted by Gasteiger charge is 2.12. The minimum Gasteiger partial charge on any atom is -0.422 e. The molecule has 8 heteroatoms. The fourth-order valence-electron chi connectivity index (χ4n) is 2.31. The standard InChI is InChI=1S/C19H15BrClN3O3/c20-16-11-14(21)4-5-17(16)27-19(26)13-2-1-3-15(10-13)23-18(25)6-8-24-9-7-22-12-24/h1-5,7,9-12H,6,8H2,(H,23,25). The maximum Gasteiger partial charge on any atom is 0.343 e. The normalized spacial score (nSPS) is 10.4. The molecule has 3 aromatic rings. The number of esters is 1. The summed E-state index contributed by atoms with van der Waals surface area (Å²) in [6.45, 7) is 0.526. The molecule has 3 rings (SSSR count). The van der Waals surface area contributed by atoms with Crippen molar-refractivity contribution < 1.29 is 14.3 Å². The highest BCUT2D eigenvalue weighted by atomic mass is 79.9. The molecule has 138 valence electrons. The molecule has 0 bridgehead atoms. The Balaban J connectivity index is 1.62. The number of rotatable bonds is 6. The van der Waals surface area contributed by atoms with Gasteiger partial charge in [-0.2, -0.15) is 0 Å². The number of aryl methyl sites for hydroxylation is 1. The lowest BCUT2D eigenvalue weighted by Crippen LogP contribution is -2.15. The van der Waals surface area contributed by atoms with Crippen molar-refractivity contribution >= 4 is 45.1 Å². The van der Waals surface area contributed by atoms with Crippen LogP contribution in [0, 0.1) is 0 Å². The number of hydrogen-bond acceptors (Lipinski definition) is 4. The van der Waals surface area contributed by atoms with Gasteiger partial charge in [0.15, 0.2) is 0 Å². The quantitative estimate of drug-likeness (QED) is 0.444. The molecule has 0 atom stereocenters. The van der Waals surface area contributed by atoms with Gasteiger partial charge in [-0.05, 0) is 52.3 Å². The average molecular weight is 449 g/mol. The summed E-state index contributed by atoms with van der Waals surface area (Å²) in [5, 5.41) is 3.30. The highest BCUT2D eigenvalue weighted by Crippen LogP contribution is 2.28. The smallest absolute Gasteiger partial charge is 0.343 e. The van der Waals surface area contributed by atoms with E-state index in [-0.39, 0.29) is 5.91 Å². The van der Waals surface area contributed by atoms with E-state index in [0.29, 0.717) is 39.5 Å². The van der Waals surface area contributed by atoms with E-state index in [9.17, 15) is 9.59 Å². The summed E-state index contributed by atoms with van der Waals surface area (Å²) in [6, 6.07) is 11.5. The van der Waals surface area contributed by atoms with Gasteiger partial charge in [-0.1, -0.05) is 17.7 Å². The predicted octanol–water partition coefficient (Wildman–Crippen LogP) is 4.55. The number of amides is 1. The number of nitrogens with one attached hydrogen (secondary N) is 1. The molecule has 0 spiro atoms. The summed E-state index contributed by atoms with van der Waals surface area (Å²) < 4.78 is 7.77. The van der Waals surface area contributed by atoms with Gasteiger partial charge in [0.2, 0.25) is 5.91 Å². The summed E-state index contributed by atoms with van der Waals surface area (Å²) >= 11 is 9.19. The van der Waals surface area contributed by atoms with Crippen molar-refractivity contribution in [2.75, 3.05) is 5.32 Å². The Morgan fingerprint density at radius 2 is 2.07 bits per heavy atom. The molecule has 0 saturated carbocycles. The van der Waals surface area contributed by atoms with Crippen molar-refractivity contribution in [2.24, 2.45) is 0 Å². The lowest BCUT2D eigenvalue weighted by Gasteiger charge is -2.09. The fraction of sp³-hybridized carbons (Fsp3) is 0.105. The number of carbonyl (C=O) groups is 2. The number of hydrogen-bond donors (Lipinski definition) is 1. The van der Waals surface area contributed by atoms with E-state index in [1.807, 2.05) is 4.57 Å². The fourth-order valence-corrected chi connectivity index (χ4v) is 3.08. The molecule has 1 N–H and O–H groups in total. The van der Waals surface area contributed by atoms with Gasteiger partial charge in [-0.15, -0.1) is 0 Å². The second kappa shape index (κ2) is 8.83. The van der Waals surface area contributed by atoms with Crippen LogP contribution in [0.5, 0.6) is 5.75 Å². The maximum atomic E-state index is 12.4. The number of nitrogens with zero attached hydrogens (tertiary/aromatic N) is 2. The van der Waals surface area contributed by atoms with E-state index < -0.39 is 5.97 Å². The SMILES string of the molecule is O=C(CCn1ccnc1)Nc1cccc(C(=O)Oc2ccc(Cl)cc2Br)c1. The van der Waals surface area contributed by atoms with Crippen LogP contribution in [0.4, 0.5) is 5.69 Å². The van der Waals surface area contributed by atoms with Gasteiger partial charge >= 0.3 is 5.97 Å². The zero-order valence-electron chi connectivity index (χ0n) is 14.1. The van der Waals surface area contributed by atoms with Crippen LogP contribution >= 0.6 is 27.5 Å². The molecular formula is C19H15BrClN3O3. The number of imidazole rings is 1. The molecule has 0 aliphatic rings. The second-order valence-corrected chi connectivity index (χ2v) is 6.93. The first-order chi connectivity index (χ1) is 13.0. The van der Waals surface area contributed by atoms with Gasteiger partial charge in [0.1, 0.15) is 5.75 Å². The van der Waals surface area contributed by atoms with Crippen molar-refractivity contribution in [1.82, 2.24) is 9.55 Å². The van der Waals surface area contributed by atoms with Gasteiger partial charge in [0.05, 0.1) is 16.4 Å². The molecule has 27 heavy (non-hydrogen) atoms. The zero-order chi connectivity index (χ0) is 19.2. The molecule has 0 aliphatic carbocycles. The number of anilines is 1. The monoisotopic (exact) mass is 447 g/mol. The van der Waals surface area contributed by atoms with Crippen molar-refractivity contribution in [3.63, 3.8) is 0 Å². The molecule has 0 saturated heterocycles. The van der Waals surface area contributed by atoms with Gasteiger partial charge in [-0.25, -0.2) is 9.78 Å². The third-order valence-corrected chi connectivity index (χ3v) is 4.49. The number of halogens is 2. The summed E-state index contributed by atoms with van der Waals surface area (Å²) in [7, 11) is 0. The lowest BCUT2D eigenvalue weighted by molar-refractivity contribution is -0.116. The van der Waals surface area contributed by atoms with E-state index in [2.05, 4.69) is 26.2 Å². The molecule has 1 amide bonds. The van der Waals surface area contributed by atoms with E-state index in [4.69, 9.17) is 16.3 Å². The number of benzene rings is 2. The molecule has 0 unspecified atom stereocenters. The minimum absolute atomic E-state index is 0.158. The Morgan fingerprint density at radius 1 is 1.22 bits per heavy atom. The summed E-state index contributed by atoms with van der Waals surface area (Å²) in [5.41, 5.74) is 0.847. The molecule has 0 aliphatic heterocycles. The Kier molecular flexibility index (Phi) is 6.26. The van der Waals surface area contributed by atoms with Crippen LogP contribution in [0.25, 0.3) is 0 Å². The zero-order valence-corrected chi connectivity index (χ0v) is 16.4. The van der Waals surface area contributed by atoms with E-state index >= 15 is 0 Å². The summed E-state index contributed by atoms with van der Waals surface area (Å²) in [5.74, 6) is -0.332. The number of aromatic nitrogens is 2. The van der Waals surface area contributed by atoms with Gasteiger partial charge in [-0.3, -0.25) is 4.79 Å². The third kappa shape index (κ3) is 5.42. The van der Waals surface area contributed by atoms with Crippen molar-refractivity contribution in [3.05, 3.63) is 76.2 Å². The van der Waals surface area contributed by atoms with Crippen LogP contribution in [-0.4, -0.2) is 21.4 Å². The van der Waals surface area contributed by atoms with E-state index in [1.54, 1.807) is 61.2 Å². The Labute approximate surface area is 169 Å². The van der Waals surface area contributed by atoms with Gasteiger partial charge < -0.3 is 14.6 Å². The van der Waals surface area contributed by atoms with E-state index in [1.165, 1.54) is 0 Å². The first-order valence-corrected chi connectivity index (χ1v) is 9.21. The first-order valence-electron chi connectivity index (χ1n) is 8.04. The van der Waals surface area contributed by atoms with Gasteiger partial charge in [0.25, 0.3) is 0 Å². The van der Waals surface area contributed by atoms with Crippen molar-refractivity contribution in [2.45, 2.75) is 13.0 Å². The molecular weight excluding hydrogens is 434 g/mol. The molecule has 0 radical (unpaired) electrons. The minimum atomic E-state index is -0.535. The summed E-state index contributed by atoms with van der Waals surface area (Å²) in [4.78, 5) is 28.4. The Hall–Kier alpha value is -2.64. The average Bonchev–Trinajstić information content (AvgIpc) is 3.16. The van der Waals surface area contributed by atoms with Crippen LogP contribution in [0.3, 0.4) is 0 Å². The van der Waals surface area contributed by atoms with Crippen LogP contribution in [0.1, 0.15) is 16.8 Å². The van der Waals surface area contributed by atoms with Gasteiger partial charge in [0, 0.05) is 36.1 Å². The van der Waals surface area contributed by atoms with Crippen LogP contribution in [-0.2, 0) is 11.3 Å². The molecule has 1 aromatic heterocycles. The molecule has 2 aromatic carbocycles. The van der Waals surface area contributed by atoms with Crippen LogP contribution < -0.4 is 10.1 Å². The molecule has 0 fully saturated rings. The molecule has 1 heterocycles. The van der Waals surface area contributed by atoms with E-state index in [0.717, 1.165) is 0 Å². The number of carbonyl (C=O) groups excluding carboxylic acids is 2. The molecule has 6 nitrogen and oxygen atoms in total. The topological polar surface area (TPSA) is 73.2 Å². The second-order valence-electron chi connectivity index (χ2n) is 5.64. The highest BCUT2D eigenvalue weighted by molar-refractivity contribution is 9.10. The third-order valence-electron chi connectivity index (χ3n) is 3.63. The maximum absolute atomic E-state index is 12.4. The first kappa shape index (κ1) is 19.1. The Morgan fingerprint density at radius 3 is 2.81 bits per heavy atom. The van der Waals surface area contributed by atoms with Crippen LogP contribution in [0.15, 0.2) is 65.7 Å². The van der Waals surface area contributed by atoms with Crippen molar-refractivity contribution in [3.8, 4) is 5.75 Å². The largest absolute Gasteiger partial charge is 0.422 e. The Bertz CT molecular complexity index is 961.